The van der Waals surface area contributed by atoms with Crippen LogP contribution in [0.1, 0.15) is 25.7 Å². The Kier molecular flexibility index (Phi) is 3.55. The number of nitrogens with zero attached hydrogens (tertiary/aromatic N) is 1. The molecule has 2 heterocycles. The first-order valence-electron chi connectivity index (χ1n) is 6.83. The minimum absolute atomic E-state index is 0.376. The van der Waals surface area contributed by atoms with E-state index in [9.17, 15) is 0 Å². The predicted molar refractivity (Wildman–Crippen MR) is 75.1 cm³/mol. The van der Waals surface area contributed by atoms with Gasteiger partial charge < -0.3 is 20.2 Å². The van der Waals surface area contributed by atoms with Gasteiger partial charge in [-0.25, -0.2) is 0 Å². The molecule has 1 fully saturated rings. The van der Waals surface area contributed by atoms with Gasteiger partial charge in [-0.05, 0) is 37.8 Å². The molecule has 2 aromatic rings. The first-order chi connectivity index (χ1) is 9.31. The van der Waals surface area contributed by atoms with Crippen molar-refractivity contribution in [1.29, 1.82) is 0 Å². The fraction of sp³-hybridized carbons (Fsp3) is 0.500. The van der Waals surface area contributed by atoms with E-state index in [1.54, 1.807) is 6.07 Å². The van der Waals surface area contributed by atoms with E-state index in [4.69, 9.17) is 14.9 Å². The Morgan fingerprint density at radius 1 is 1.37 bits per heavy atom. The summed E-state index contributed by atoms with van der Waals surface area (Å²) in [4.78, 5) is 4.36. The molecule has 19 heavy (non-hydrogen) atoms. The second-order valence-electron chi connectivity index (χ2n) is 4.95. The summed E-state index contributed by atoms with van der Waals surface area (Å²) in [5.74, 6) is 0. The van der Waals surface area contributed by atoms with E-state index >= 15 is 0 Å². The van der Waals surface area contributed by atoms with Crippen molar-refractivity contribution in [1.82, 2.24) is 4.98 Å². The molecule has 1 aromatic carbocycles. The molecule has 1 aromatic heterocycles. The number of hydrogen-bond acceptors (Lipinski definition) is 5. The Bertz CT molecular complexity index is 547. The normalized spacial score (nSPS) is 19.7. The molecular formula is C14H19N3O2. The highest BCUT2D eigenvalue weighted by Gasteiger charge is 2.13. The zero-order valence-corrected chi connectivity index (χ0v) is 10.9. The van der Waals surface area contributed by atoms with Crippen LogP contribution in [0.15, 0.2) is 22.6 Å². The summed E-state index contributed by atoms with van der Waals surface area (Å²) in [7, 11) is 0. The van der Waals surface area contributed by atoms with Gasteiger partial charge in [-0.15, -0.1) is 0 Å². The van der Waals surface area contributed by atoms with Gasteiger partial charge in [0.2, 0.25) is 0 Å². The Morgan fingerprint density at radius 2 is 2.32 bits per heavy atom. The zero-order valence-electron chi connectivity index (χ0n) is 10.9. The number of benzene rings is 1. The molecule has 3 rings (SSSR count). The van der Waals surface area contributed by atoms with E-state index in [0.717, 1.165) is 37.1 Å². The van der Waals surface area contributed by atoms with Crippen LogP contribution in [0.25, 0.3) is 11.1 Å². The molecule has 0 aliphatic carbocycles. The van der Waals surface area contributed by atoms with Gasteiger partial charge in [0.15, 0.2) is 5.58 Å². The van der Waals surface area contributed by atoms with Crippen LogP contribution in [0.4, 0.5) is 11.7 Å². The minimum Gasteiger partial charge on any atom is -0.423 e. The Hall–Kier alpha value is -1.75. The van der Waals surface area contributed by atoms with Crippen molar-refractivity contribution in [2.45, 2.75) is 31.8 Å². The highest BCUT2D eigenvalue weighted by atomic mass is 16.5. The lowest BCUT2D eigenvalue weighted by Gasteiger charge is -2.22. The van der Waals surface area contributed by atoms with Gasteiger partial charge >= 0.3 is 0 Å². The zero-order chi connectivity index (χ0) is 13.1. The van der Waals surface area contributed by atoms with Crippen LogP contribution in [0.3, 0.4) is 0 Å². The lowest BCUT2D eigenvalue weighted by atomic mass is 10.1. The largest absolute Gasteiger partial charge is 0.423 e. The lowest BCUT2D eigenvalue weighted by Crippen LogP contribution is -2.22. The summed E-state index contributed by atoms with van der Waals surface area (Å²) in [6.45, 7) is 1.71. The van der Waals surface area contributed by atoms with Crippen molar-refractivity contribution < 1.29 is 9.15 Å². The number of nitrogen functional groups attached to an aromatic ring is 1. The molecule has 1 aliphatic heterocycles. The van der Waals surface area contributed by atoms with Crippen LogP contribution in [0, 0.1) is 0 Å². The number of aromatic nitrogens is 1. The monoisotopic (exact) mass is 261 g/mol. The van der Waals surface area contributed by atoms with Crippen LogP contribution in [-0.2, 0) is 4.74 Å². The number of fused-ring (bicyclic) bond motifs is 1. The molecule has 1 aliphatic rings. The summed E-state index contributed by atoms with van der Waals surface area (Å²) in [5, 5.41) is 3.20. The molecule has 0 amide bonds. The molecule has 5 nitrogen and oxygen atoms in total. The average molecular weight is 261 g/mol. The highest BCUT2D eigenvalue weighted by molar-refractivity contribution is 5.77. The Morgan fingerprint density at radius 3 is 3.16 bits per heavy atom. The number of oxazole rings is 1. The predicted octanol–water partition coefficient (Wildman–Crippen LogP) is 2.78. The number of hydrogen-bond donors (Lipinski definition) is 2. The van der Waals surface area contributed by atoms with Gasteiger partial charge in [0.25, 0.3) is 6.01 Å². The Balaban J connectivity index is 1.56. The van der Waals surface area contributed by atoms with Crippen LogP contribution in [0.5, 0.6) is 0 Å². The minimum atomic E-state index is 0.376. The van der Waals surface area contributed by atoms with Gasteiger partial charge in [-0.2, -0.15) is 4.98 Å². The highest BCUT2D eigenvalue weighted by Crippen LogP contribution is 2.21. The van der Waals surface area contributed by atoms with Crippen LogP contribution in [0.2, 0.25) is 0 Å². The topological polar surface area (TPSA) is 73.3 Å². The van der Waals surface area contributed by atoms with E-state index in [1.807, 2.05) is 12.1 Å². The van der Waals surface area contributed by atoms with Crippen LogP contribution in [-0.4, -0.2) is 24.2 Å². The maximum absolute atomic E-state index is 5.71. The van der Waals surface area contributed by atoms with E-state index < -0.39 is 0 Å². The van der Waals surface area contributed by atoms with Gasteiger partial charge in [0.05, 0.1) is 6.10 Å². The van der Waals surface area contributed by atoms with Gasteiger partial charge in [-0.1, -0.05) is 0 Å². The van der Waals surface area contributed by atoms with Crippen molar-refractivity contribution in [2.24, 2.45) is 0 Å². The van der Waals surface area contributed by atoms with Gasteiger partial charge in [0.1, 0.15) is 5.52 Å². The third-order valence-electron chi connectivity index (χ3n) is 3.43. The molecule has 102 valence electrons. The van der Waals surface area contributed by atoms with Crippen molar-refractivity contribution >= 4 is 22.8 Å². The molecule has 0 saturated carbocycles. The molecule has 1 saturated heterocycles. The van der Waals surface area contributed by atoms with Crippen molar-refractivity contribution in [2.75, 3.05) is 24.2 Å². The molecule has 0 bridgehead atoms. The maximum atomic E-state index is 5.71. The summed E-state index contributed by atoms with van der Waals surface area (Å²) in [5.41, 5.74) is 7.94. The first kappa shape index (κ1) is 12.3. The second kappa shape index (κ2) is 5.48. The summed E-state index contributed by atoms with van der Waals surface area (Å²) < 4.78 is 11.3. The average Bonchev–Trinajstić information content (AvgIpc) is 2.82. The molecule has 0 radical (unpaired) electrons. The molecular weight excluding hydrogens is 242 g/mol. The summed E-state index contributed by atoms with van der Waals surface area (Å²) >= 11 is 0. The van der Waals surface area contributed by atoms with Crippen molar-refractivity contribution in [3.05, 3.63) is 18.2 Å². The van der Waals surface area contributed by atoms with E-state index in [-0.39, 0.29) is 0 Å². The number of ether oxygens (including phenoxy) is 1. The lowest BCUT2D eigenvalue weighted by molar-refractivity contribution is 0.0134. The Labute approximate surface area is 112 Å². The SMILES string of the molecule is Nc1ccc2nc(NCCC3CCCCO3)oc2c1. The van der Waals surface area contributed by atoms with Gasteiger partial charge in [-0.3, -0.25) is 0 Å². The first-order valence-corrected chi connectivity index (χ1v) is 6.83. The number of nitrogens with two attached hydrogens (primary N) is 1. The van der Waals surface area contributed by atoms with Crippen molar-refractivity contribution in [3.63, 3.8) is 0 Å². The number of rotatable bonds is 4. The molecule has 3 N–H and O–H groups in total. The smallest absolute Gasteiger partial charge is 0.295 e. The van der Waals surface area contributed by atoms with E-state index in [0.29, 0.717) is 17.8 Å². The molecule has 1 atom stereocenters. The summed E-state index contributed by atoms with van der Waals surface area (Å²) in [6, 6.07) is 6.03. The molecule has 0 spiro atoms. The molecule has 1 unspecified atom stereocenters. The third kappa shape index (κ3) is 2.98. The van der Waals surface area contributed by atoms with Crippen molar-refractivity contribution in [3.8, 4) is 0 Å². The standard InChI is InChI=1S/C14H19N3O2/c15-10-4-5-12-13(9-10)19-14(17-12)16-7-6-11-3-1-2-8-18-11/h4-5,9,11H,1-3,6-8,15H2,(H,16,17). The third-order valence-corrected chi connectivity index (χ3v) is 3.43. The number of anilines is 2. The van der Waals surface area contributed by atoms with Gasteiger partial charge in [0, 0.05) is 24.9 Å². The molecule has 5 heteroatoms. The van der Waals surface area contributed by atoms with Crippen LogP contribution >= 0.6 is 0 Å². The van der Waals surface area contributed by atoms with E-state index in [1.165, 1.54) is 12.8 Å². The second-order valence-corrected chi connectivity index (χ2v) is 4.95. The number of nitrogens with one attached hydrogen (secondary N) is 1. The van der Waals surface area contributed by atoms with Crippen LogP contribution < -0.4 is 11.1 Å². The van der Waals surface area contributed by atoms with E-state index in [2.05, 4.69) is 10.3 Å². The quantitative estimate of drug-likeness (QED) is 0.828. The fourth-order valence-electron chi connectivity index (χ4n) is 2.39. The summed E-state index contributed by atoms with van der Waals surface area (Å²) in [6.07, 6.45) is 4.98. The maximum Gasteiger partial charge on any atom is 0.295 e. The fourth-order valence-corrected chi connectivity index (χ4v) is 2.39.